The van der Waals surface area contributed by atoms with Gasteiger partial charge in [-0.2, -0.15) is 0 Å². The first-order valence-corrected chi connectivity index (χ1v) is 9.59. The largest absolute Gasteiger partial charge is 0.496 e. The van der Waals surface area contributed by atoms with Gasteiger partial charge in [0.1, 0.15) is 5.75 Å². The molecule has 2 aromatic carbocycles. The van der Waals surface area contributed by atoms with Gasteiger partial charge >= 0.3 is 0 Å². The van der Waals surface area contributed by atoms with Crippen LogP contribution in [-0.4, -0.2) is 36.9 Å². The smallest absolute Gasteiger partial charge is 0.253 e. The Bertz CT molecular complexity index is 935. The standard InChI is InChI=1S/C23H24N2O3/c1-28-21-10-9-16(22(24)26)12-20(21)15-7-4-8-17(11-15)23(27)25-13-18-5-2-3-6-19(18)14-25/h2-4,7-12,18-19H,5-6,13-14H2,1H3,(H2,24,26)/t18-,19+. The lowest BCUT2D eigenvalue weighted by molar-refractivity contribution is 0.0784. The number of fused-ring (bicyclic) bond motifs is 1. The molecule has 0 spiro atoms. The minimum atomic E-state index is -0.496. The van der Waals surface area contributed by atoms with Gasteiger partial charge in [0.2, 0.25) is 5.91 Å². The first-order valence-electron chi connectivity index (χ1n) is 9.59. The number of benzene rings is 2. The Morgan fingerprint density at radius 2 is 1.71 bits per heavy atom. The van der Waals surface area contributed by atoms with Crippen LogP contribution in [0.1, 0.15) is 33.6 Å². The molecule has 28 heavy (non-hydrogen) atoms. The lowest BCUT2D eigenvalue weighted by Crippen LogP contribution is -2.29. The van der Waals surface area contributed by atoms with Gasteiger partial charge in [0.15, 0.2) is 0 Å². The van der Waals surface area contributed by atoms with Crippen LogP contribution in [0, 0.1) is 11.8 Å². The number of ether oxygens (including phenoxy) is 1. The maximum Gasteiger partial charge on any atom is 0.253 e. The monoisotopic (exact) mass is 376 g/mol. The normalized spacial score (nSPS) is 20.7. The highest BCUT2D eigenvalue weighted by Gasteiger charge is 2.35. The molecule has 0 unspecified atom stereocenters. The van der Waals surface area contributed by atoms with Crippen molar-refractivity contribution < 1.29 is 14.3 Å². The van der Waals surface area contributed by atoms with Crippen LogP contribution in [0.3, 0.4) is 0 Å². The second-order valence-electron chi connectivity index (χ2n) is 7.53. The minimum absolute atomic E-state index is 0.0567. The van der Waals surface area contributed by atoms with Crippen LogP contribution in [0.25, 0.3) is 11.1 Å². The molecular formula is C23H24N2O3. The van der Waals surface area contributed by atoms with Crippen molar-refractivity contribution in [3.8, 4) is 16.9 Å². The number of carbonyl (C=O) groups is 2. The number of hydrogen-bond donors (Lipinski definition) is 1. The third-order valence-electron chi connectivity index (χ3n) is 5.81. The second kappa shape index (κ2) is 7.50. The van der Waals surface area contributed by atoms with Crippen LogP contribution in [-0.2, 0) is 0 Å². The summed E-state index contributed by atoms with van der Waals surface area (Å²) in [6.45, 7) is 1.64. The molecule has 1 aliphatic carbocycles. The summed E-state index contributed by atoms with van der Waals surface area (Å²) in [5, 5.41) is 0. The molecule has 1 heterocycles. The number of carbonyl (C=O) groups excluding carboxylic acids is 2. The lowest BCUT2D eigenvalue weighted by Gasteiger charge is -2.17. The number of nitrogens with two attached hydrogens (primary N) is 1. The van der Waals surface area contributed by atoms with Gasteiger partial charge in [0.05, 0.1) is 7.11 Å². The Labute approximate surface area is 164 Å². The summed E-state index contributed by atoms with van der Waals surface area (Å²) >= 11 is 0. The fourth-order valence-electron chi connectivity index (χ4n) is 4.27. The zero-order valence-corrected chi connectivity index (χ0v) is 15.9. The van der Waals surface area contributed by atoms with Crippen molar-refractivity contribution in [2.75, 3.05) is 20.2 Å². The van der Waals surface area contributed by atoms with Gasteiger partial charge in [0, 0.05) is 29.8 Å². The Morgan fingerprint density at radius 3 is 2.36 bits per heavy atom. The third-order valence-corrected chi connectivity index (χ3v) is 5.81. The fourth-order valence-corrected chi connectivity index (χ4v) is 4.27. The molecule has 2 amide bonds. The molecule has 0 bridgehead atoms. The Kier molecular flexibility index (Phi) is 4.90. The van der Waals surface area contributed by atoms with Crippen molar-refractivity contribution in [3.05, 3.63) is 65.7 Å². The lowest BCUT2D eigenvalue weighted by atomic mass is 9.86. The van der Waals surface area contributed by atoms with E-state index in [1.807, 2.05) is 29.2 Å². The summed E-state index contributed by atoms with van der Waals surface area (Å²) in [5.41, 5.74) is 8.05. The quantitative estimate of drug-likeness (QED) is 0.830. The van der Waals surface area contributed by atoms with Crippen molar-refractivity contribution in [2.45, 2.75) is 12.8 Å². The van der Waals surface area contributed by atoms with Crippen LogP contribution in [0.2, 0.25) is 0 Å². The molecule has 5 nitrogen and oxygen atoms in total. The van der Waals surface area contributed by atoms with Crippen LogP contribution in [0.4, 0.5) is 0 Å². The van der Waals surface area contributed by atoms with E-state index in [0.717, 1.165) is 37.1 Å². The van der Waals surface area contributed by atoms with E-state index in [0.29, 0.717) is 28.7 Å². The Morgan fingerprint density at radius 1 is 1.00 bits per heavy atom. The van der Waals surface area contributed by atoms with E-state index in [1.165, 1.54) is 0 Å². The summed E-state index contributed by atoms with van der Waals surface area (Å²) in [7, 11) is 1.58. The topological polar surface area (TPSA) is 72.6 Å². The summed E-state index contributed by atoms with van der Waals surface area (Å²) < 4.78 is 5.44. The van der Waals surface area contributed by atoms with Crippen molar-refractivity contribution >= 4 is 11.8 Å². The van der Waals surface area contributed by atoms with E-state index in [9.17, 15) is 9.59 Å². The molecule has 1 saturated heterocycles. The summed E-state index contributed by atoms with van der Waals surface area (Å²) in [6, 6.07) is 12.6. The molecule has 0 aromatic heterocycles. The van der Waals surface area contributed by atoms with Crippen LogP contribution < -0.4 is 10.5 Å². The highest BCUT2D eigenvalue weighted by Crippen LogP contribution is 2.35. The molecule has 2 atom stereocenters. The molecule has 0 radical (unpaired) electrons. The van der Waals surface area contributed by atoms with Crippen molar-refractivity contribution in [1.29, 1.82) is 0 Å². The molecule has 4 rings (SSSR count). The predicted octanol–water partition coefficient (Wildman–Crippen LogP) is 3.50. The molecule has 2 N–H and O–H groups in total. The van der Waals surface area contributed by atoms with Crippen molar-refractivity contribution in [1.82, 2.24) is 4.90 Å². The number of likely N-dealkylation sites (tertiary alicyclic amines) is 1. The van der Waals surface area contributed by atoms with E-state index >= 15 is 0 Å². The molecule has 0 saturated carbocycles. The SMILES string of the molecule is COc1ccc(C(N)=O)cc1-c1cccc(C(=O)N2C[C@H]3CC=CC[C@H]3C2)c1. The molecule has 144 valence electrons. The number of allylic oxidation sites excluding steroid dienone is 2. The maximum absolute atomic E-state index is 13.1. The zero-order valence-electron chi connectivity index (χ0n) is 15.9. The van der Waals surface area contributed by atoms with Gasteiger partial charge in [-0.1, -0.05) is 24.3 Å². The average molecular weight is 376 g/mol. The highest BCUT2D eigenvalue weighted by atomic mass is 16.5. The molecule has 2 aromatic rings. The van der Waals surface area contributed by atoms with Crippen LogP contribution in [0.15, 0.2) is 54.6 Å². The van der Waals surface area contributed by atoms with E-state index < -0.39 is 5.91 Å². The van der Waals surface area contributed by atoms with Gasteiger partial charge in [-0.25, -0.2) is 0 Å². The van der Waals surface area contributed by atoms with Crippen LogP contribution >= 0.6 is 0 Å². The van der Waals surface area contributed by atoms with Crippen LogP contribution in [0.5, 0.6) is 5.75 Å². The highest BCUT2D eigenvalue weighted by molar-refractivity contribution is 5.97. The molecule has 2 aliphatic rings. The summed E-state index contributed by atoms with van der Waals surface area (Å²) in [6.07, 6.45) is 6.58. The van der Waals surface area contributed by atoms with E-state index in [2.05, 4.69) is 12.2 Å². The molecule has 1 fully saturated rings. The summed E-state index contributed by atoms with van der Waals surface area (Å²) in [5.74, 6) is 1.34. The molecule has 1 aliphatic heterocycles. The second-order valence-corrected chi connectivity index (χ2v) is 7.53. The van der Waals surface area contributed by atoms with Gasteiger partial charge in [-0.05, 0) is 60.6 Å². The first-order chi connectivity index (χ1) is 13.6. The number of amides is 2. The van der Waals surface area contributed by atoms with Crippen molar-refractivity contribution in [2.24, 2.45) is 17.6 Å². The van der Waals surface area contributed by atoms with Gasteiger partial charge in [0.25, 0.3) is 5.91 Å². The van der Waals surface area contributed by atoms with E-state index in [4.69, 9.17) is 10.5 Å². The molecular weight excluding hydrogens is 352 g/mol. The number of methoxy groups -OCH3 is 1. The first kappa shape index (κ1) is 18.3. The predicted molar refractivity (Wildman–Crippen MR) is 108 cm³/mol. The molecule has 5 heteroatoms. The van der Waals surface area contributed by atoms with Crippen molar-refractivity contribution in [3.63, 3.8) is 0 Å². The Balaban J connectivity index is 1.63. The number of hydrogen-bond acceptors (Lipinski definition) is 3. The van der Waals surface area contributed by atoms with Gasteiger partial charge in [-0.15, -0.1) is 0 Å². The third kappa shape index (κ3) is 3.40. The number of rotatable bonds is 4. The summed E-state index contributed by atoms with van der Waals surface area (Å²) in [4.78, 5) is 26.6. The van der Waals surface area contributed by atoms with E-state index in [1.54, 1.807) is 25.3 Å². The number of primary amides is 1. The minimum Gasteiger partial charge on any atom is -0.496 e. The Hall–Kier alpha value is -3.08. The van der Waals surface area contributed by atoms with Gasteiger partial charge in [-0.3, -0.25) is 9.59 Å². The number of nitrogens with zero attached hydrogens (tertiary/aromatic N) is 1. The van der Waals surface area contributed by atoms with Gasteiger partial charge < -0.3 is 15.4 Å². The zero-order chi connectivity index (χ0) is 19.7. The average Bonchev–Trinajstić information content (AvgIpc) is 3.17. The maximum atomic E-state index is 13.1. The van der Waals surface area contributed by atoms with E-state index in [-0.39, 0.29) is 5.91 Å². The fraction of sp³-hybridized carbons (Fsp3) is 0.304.